The number of carbonyl (C=O) groups excluding carboxylic acids is 1. The van der Waals surface area contributed by atoms with Gasteiger partial charge in [0, 0.05) is 24.4 Å². The summed E-state index contributed by atoms with van der Waals surface area (Å²) >= 11 is 0. The summed E-state index contributed by atoms with van der Waals surface area (Å²) in [7, 11) is 1.78. The average Bonchev–Trinajstić information content (AvgIpc) is 2.48. The van der Waals surface area contributed by atoms with Crippen molar-refractivity contribution in [3.63, 3.8) is 0 Å². The number of carbonyl (C=O) groups is 1. The molecule has 0 saturated heterocycles. The quantitative estimate of drug-likeness (QED) is 0.875. The van der Waals surface area contributed by atoms with Gasteiger partial charge >= 0.3 is 0 Å². The normalized spacial score (nSPS) is 22.1. The Kier molecular flexibility index (Phi) is 5.62. The van der Waals surface area contributed by atoms with Crippen LogP contribution in [0.5, 0.6) is 0 Å². The van der Waals surface area contributed by atoms with E-state index in [4.69, 9.17) is 4.74 Å². The predicted octanol–water partition coefficient (Wildman–Crippen LogP) is 3.19. The topological polar surface area (TPSA) is 50.4 Å². The van der Waals surface area contributed by atoms with E-state index in [0.29, 0.717) is 11.6 Å². The minimum atomic E-state index is -0.0241. The van der Waals surface area contributed by atoms with Crippen LogP contribution < -0.4 is 10.6 Å². The molecule has 0 spiro atoms. The summed E-state index contributed by atoms with van der Waals surface area (Å²) in [6.07, 6.45) is 5.01. The highest BCUT2D eigenvalue weighted by Gasteiger charge is 2.24. The van der Waals surface area contributed by atoms with E-state index in [-0.39, 0.29) is 18.1 Å². The molecule has 0 aromatic heterocycles. The van der Waals surface area contributed by atoms with Gasteiger partial charge in [-0.1, -0.05) is 12.8 Å². The fourth-order valence-corrected chi connectivity index (χ4v) is 2.82. The molecule has 116 valence electrons. The van der Waals surface area contributed by atoms with Crippen molar-refractivity contribution < 1.29 is 9.53 Å². The molecule has 2 rings (SSSR count). The zero-order chi connectivity index (χ0) is 15.2. The zero-order valence-corrected chi connectivity index (χ0v) is 13.2. The summed E-state index contributed by atoms with van der Waals surface area (Å²) in [6, 6.07) is 8.18. The molecule has 1 aromatic carbocycles. The summed E-state index contributed by atoms with van der Waals surface area (Å²) in [5.41, 5.74) is 1.74. The number of rotatable bonds is 5. The van der Waals surface area contributed by atoms with Crippen molar-refractivity contribution in [3.05, 3.63) is 29.8 Å². The van der Waals surface area contributed by atoms with Crippen molar-refractivity contribution in [1.82, 2.24) is 5.32 Å². The van der Waals surface area contributed by atoms with Crippen LogP contribution in [0.1, 0.15) is 49.9 Å². The number of ether oxygens (including phenoxy) is 1. The van der Waals surface area contributed by atoms with E-state index in [0.717, 1.165) is 18.5 Å². The van der Waals surface area contributed by atoms with Gasteiger partial charge in [0.1, 0.15) is 0 Å². The number of benzene rings is 1. The van der Waals surface area contributed by atoms with E-state index in [9.17, 15) is 4.79 Å². The number of methoxy groups -OCH3 is 1. The van der Waals surface area contributed by atoms with Gasteiger partial charge in [0.25, 0.3) is 5.91 Å². The molecule has 4 heteroatoms. The summed E-state index contributed by atoms with van der Waals surface area (Å²) < 4.78 is 5.56. The van der Waals surface area contributed by atoms with Crippen LogP contribution in [-0.4, -0.2) is 31.2 Å². The van der Waals surface area contributed by atoms with Crippen molar-refractivity contribution >= 4 is 11.6 Å². The fourth-order valence-electron chi connectivity index (χ4n) is 2.82. The molecule has 1 amide bonds. The molecule has 4 nitrogen and oxygen atoms in total. The third-order valence-electron chi connectivity index (χ3n) is 3.92. The monoisotopic (exact) mass is 290 g/mol. The molecule has 1 aliphatic rings. The molecular weight excluding hydrogens is 264 g/mol. The number of anilines is 1. The molecule has 1 aliphatic carbocycles. The van der Waals surface area contributed by atoms with Gasteiger partial charge in [-0.05, 0) is 51.0 Å². The first-order chi connectivity index (χ1) is 10.1. The lowest BCUT2D eigenvalue weighted by atomic mass is 9.92. The lowest BCUT2D eigenvalue weighted by Crippen LogP contribution is -2.37. The van der Waals surface area contributed by atoms with Crippen LogP contribution in [0, 0.1) is 0 Å². The van der Waals surface area contributed by atoms with Crippen LogP contribution in [-0.2, 0) is 4.74 Å². The van der Waals surface area contributed by atoms with Gasteiger partial charge in [-0.15, -0.1) is 0 Å². The second-order valence-corrected chi connectivity index (χ2v) is 6.01. The zero-order valence-electron chi connectivity index (χ0n) is 13.2. The first kappa shape index (κ1) is 15.8. The largest absolute Gasteiger partial charge is 0.380 e. The van der Waals surface area contributed by atoms with Gasteiger partial charge in [-0.3, -0.25) is 4.79 Å². The standard InChI is InChI=1S/C17H26N2O2/c1-12(2)18-17(20)13-8-10-14(11-9-13)19-15-6-4-5-7-16(15)21-3/h8-12,15-16,19H,4-7H2,1-3H3,(H,18,20). The van der Waals surface area contributed by atoms with Crippen molar-refractivity contribution in [2.45, 2.75) is 57.7 Å². The first-order valence-electron chi connectivity index (χ1n) is 7.80. The van der Waals surface area contributed by atoms with E-state index < -0.39 is 0 Å². The van der Waals surface area contributed by atoms with Gasteiger partial charge in [-0.2, -0.15) is 0 Å². The highest BCUT2D eigenvalue weighted by Crippen LogP contribution is 2.24. The van der Waals surface area contributed by atoms with Gasteiger partial charge < -0.3 is 15.4 Å². The fraction of sp³-hybridized carbons (Fsp3) is 0.588. The molecule has 1 saturated carbocycles. The second kappa shape index (κ2) is 7.46. The highest BCUT2D eigenvalue weighted by atomic mass is 16.5. The van der Waals surface area contributed by atoms with Crippen LogP contribution in [0.4, 0.5) is 5.69 Å². The van der Waals surface area contributed by atoms with Crippen molar-refractivity contribution in [2.24, 2.45) is 0 Å². The number of hydrogen-bond donors (Lipinski definition) is 2. The second-order valence-electron chi connectivity index (χ2n) is 6.01. The molecule has 0 radical (unpaired) electrons. The van der Waals surface area contributed by atoms with Gasteiger partial charge in [0.15, 0.2) is 0 Å². The summed E-state index contributed by atoms with van der Waals surface area (Å²) in [5.74, 6) is -0.0241. The Labute approximate surface area is 127 Å². The average molecular weight is 290 g/mol. The van der Waals surface area contributed by atoms with Crippen LogP contribution in [0.25, 0.3) is 0 Å². The number of hydrogen-bond acceptors (Lipinski definition) is 3. The molecule has 2 unspecified atom stereocenters. The van der Waals surface area contributed by atoms with Crippen molar-refractivity contribution in [2.75, 3.05) is 12.4 Å². The Morgan fingerprint density at radius 3 is 2.48 bits per heavy atom. The summed E-state index contributed by atoms with van der Waals surface area (Å²) in [6.45, 7) is 3.92. The van der Waals surface area contributed by atoms with E-state index in [1.807, 2.05) is 38.1 Å². The lowest BCUT2D eigenvalue weighted by Gasteiger charge is -2.31. The van der Waals surface area contributed by atoms with Gasteiger partial charge in [-0.25, -0.2) is 0 Å². The summed E-state index contributed by atoms with van der Waals surface area (Å²) in [4.78, 5) is 11.9. The number of nitrogens with one attached hydrogen (secondary N) is 2. The molecule has 1 aromatic rings. The third-order valence-corrected chi connectivity index (χ3v) is 3.92. The lowest BCUT2D eigenvalue weighted by molar-refractivity contribution is 0.0606. The Morgan fingerprint density at radius 2 is 1.86 bits per heavy atom. The molecular formula is C17H26N2O2. The van der Waals surface area contributed by atoms with Crippen LogP contribution in [0.3, 0.4) is 0 Å². The Bertz CT molecular complexity index is 456. The van der Waals surface area contributed by atoms with E-state index in [1.165, 1.54) is 12.8 Å². The maximum atomic E-state index is 11.9. The third kappa shape index (κ3) is 4.46. The Morgan fingerprint density at radius 1 is 1.19 bits per heavy atom. The SMILES string of the molecule is COC1CCCCC1Nc1ccc(C(=O)NC(C)C)cc1. The number of amides is 1. The first-order valence-corrected chi connectivity index (χ1v) is 7.80. The van der Waals surface area contributed by atoms with Gasteiger partial charge in [0.2, 0.25) is 0 Å². The van der Waals surface area contributed by atoms with Gasteiger partial charge in [0.05, 0.1) is 12.1 Å². The smallest absolute Gasteiger partial charge is 0.251 e. The van der Waals surface area contributed by atoms with E-state index in [1.54, 1.807) is 7.11 Å². The molecule has 1 fully saturated rings. The van der Waals surface area contributed by atoms with Crippen molar-refractivity contribution in [1.29, 1.82) is 0 Å². The maximum Gasteiger partial charge on any atom is 0.251 e. The minimum Gasteiger partial charge on any atom is -0.380 e. The maximum absolute atomic E-state index is 11.9. The van der Waals surface area contributed by atoms with E-state index in [2.05, 4.69) is 10.6 Å². The van der Waals surface area contributed by atoms with Crippen LogP contribution >= 0.6 is 0 Å². The van der Waals surface area contributed by atoms with Crippen LogP contribution in [0.2, 0.25) is 0 Å². The molecule has 2 N–H and O–H groups in total. The van der Waals surface area contributed by atoms with E-state index >= 15 is 0 Å². The minimum absolute atomic E-state index is 0.0241. The van der Waals surface area contributed by atoms with Crippen LogP contribution in [0.15, 0.2) is 24.3 Å². The molecule has 0 bridgehead atoms. The molecule has 2 atom stereocenters. The highest BCUT2D eigenvalue weighted by molar-refractivity contribution is 5.94. The molecule has 21 heavy (non-hydrogen) atoms. The summed E-state index contributed by atoms with van der Waals surface area (Å²) in [5, 5.41) is 6.43. The van der Waals surface area contributed by atoms with Crippen molar-refractivity contribution in [3.8, 4) is 0 Å². The molecule has 0 aliphatic heterocycles. The Balaban J connectivity index is 1.97. The predicted molar refractivity (Wildman–Crippen MR) is 85.7 cm³/mol. The molecule has 0 heterocycles. The Hall–Kier alpha value is -1.55.